The summed E-state index contributed by atoms with van der Waals surface area (Å²) in [5.74, 6) is 0.615. The van der Waals surface area contributed by atoms with Gasteiger partial charge in [0.15, 0.2) is 0 Å². The van der Waals surface area contributed by atoms with Crippen LogP contribution in [-0.4, -0.2) is 39.3 Å². The number of para-hydroxylation sites is 1. The molecule has 1 aliphatic heterocycles. The van der Waals surface area contributed by atoms with E-state index in [2.05, 4.69) is 19.2 Å². The highest BCUT2D eigenvalue weighted by Gasteiger charge is 2.40. The molecule has 33 heavy (non-hydrogen) atoms. The first-order valence-electron chi connectivity index (χ1n) is 11.0. The normalized spacial score (nSPS) is 17.9. The Balaban J connectivity index is 1.96. The summed E-state index contributed by atoms with van der Waals surface area (Å²) in [6.07, 6.45) is 3.22. The van der Waals surface area contributed by atoms with Crippen LogP contribution in [0.1, 0.15) is 51.6 Å². The number of carbonyl (C=O) groups is 1. The van der Waals surface area contributed by atoms with Gasteiger partial charge in [-0.2, -0.15) is 0 Å². The van der Waals surface area contributed by atoms with E-state index >= 15 is 0 Å². The summed E-state index contributed by atoms with van der Waals surface area (Å²) in [4.78, 5) is 13.4. The van der Waals surface area contributed by atoms with Crippen LogP contribution in [0.3, 0.4) is 0 Å². The van der Waals surface area contributed by atoms with Crippen LogP contribution in [0.4, 0.5) is 5.69 Å². The molecule has 1 heterocycles. The Labute approximate surface area is 201 Å². The average Bonchev–Trinajstić information content (AvgIpc) is 2.78. The smallest absolute Gasteiger partial charge is 0.244 e. The van der Waals surface area contributed by atoms with E-state index in [-0.39, 0.29) is 11.7 Å². The summed E-state index contributed by atoms with van der Waals surface area (Å²) >= 11 is 6.14. The van der Waals surface area contributed by atoms with Gasteiger partial charge in [0.1, 0.15) is 23.1 Å². The van der Waals surface area contributed by atoms with E-state index < -0.39 is 27.6 Å². The van der Waals surface area contributed by atoms with Crippen molar-refractivity contribution < 1.29 is 22.7 Å². The number of benzene rings is 2. The molecule has 0 bridgehead atoms. The maximum Gasteiger partial charge on any atom is 0.244 e. The predicted octanol–water partition coefficient (Wildman–Crippen LogP) is 4.70. The van der Waals surface area contributed by atoms with Crippen LogP contribution in [0, 0.1) is 0 Å². The fourth-order valence-corrected chi connectivity index (χ4v) is 5.68. The summed E-state index contributed by atoms with van der Waals surface area (Å²) in [6, 6.07) is 10.9. The molecule has 0 radical (unpaired) electrons. The maximum absolute atomic E-state index is 13.4. The van der Waals surface area contributed by atoms with Crippen LogP contribution < -0.4 is 19.1 Å². The largest absolute Gasteiger partial charge is 0.495 e. The van der Waals surface area contributed by atoms with Crippen molar-refractivity contribution in [3.8, 4) is 11.5 Å². The summed E-state index contributed by atoms with van der Waals surface area (Å²) in [5, 5.41) is 3.41. The van der Waals surface area contributed by atoms with Gasteiger partial charge in [-0.05, 0) is 44.0 Å². The monoisotopic (exact) mass is 494 g/mol. The van der Waals surface area contributed by atoms with Crippen LogP contribution in [0.2, 0.25) is 5.02 Å². The Morgan fingerprint density at radius 3 is 2.55 bits per heavy atom. The van der Waals surface area contributed by atoms with Crippen LogP contribution >= 0.6 is 11.6 Å². The van der Waals surface area contributed by atoms with Crippen molar-refractivity contribution in [3.05, 3.63) is 53.1 Å². The Morgan fingerprint density at radius 2 is 1.94 bits per heavy atom. The molecule has 9 heteroatoms. The number of rotatable bonds is 8. The SMILES string of the molecule is CCC1(CC)C[C@@H](NC(=O)[C@H](C)N(c2cc(Cl)ccc2OC)S(C)(=O)=O)c2ccccc2O1. The quantitative estimate of drug-likeness (QED) is 0.574. The first-order chi connectivity index (χ1) is 15.5. The fraction of sp³-hybridized carbons (Fsp3) is 0.458. The zero-order valence-corrected chi connectivity index (χ0v) is 21.2. The Bertz CT molecular complexity index is 1120. The van der Waals surface area contributed by atoms with Gasteiger partial charge in [-0.1, -0.05) is 43.6 Å². The van der Waals surface area contributed by atoms with Gasteiger partial charge in [-0.3, -0.25) is 9.10 Å². The second kappa shape index (κ2) is 9.81. The molecule has 7 nitrogen and oxygen atoms in total. The topological polar surface area (TPSA) is 84.9 Å². The van der Waals surface area contributed by atoms with Crippen molar-refractivity contribution in [1.29, 1.82) is 0 Å². The number of ether oxygens (including phenoxy) is 2. The minimum absolute atomic E-state index is 0.207. The number of methoxy groups -OCH3 is 1. The Kier molecular flexibility index (Phi) is 7.49. The first kappa shape index (κ1) is 25.2. The molecule has 0 saturated heterocycles. The lowest BCUT2D eigenvalue weighted by Gasteiger charge is -2.42. The number of fused-ring (bicyclic) bond motifs is 1. The lowest BCUT2D eigenvalue weighted by molar-refractivity contribution is -0.123. The Hall–Kier alpha value is -2.45. The zero-order chi connectivity index (χ0) is 24.4. The molecular formula is C24H31ClN2O5S. The third-order valence-electron chi connectivity index (χ3n) is 6.27. The molecule has 0 aliphatic carbocycles. The minimum Gasteiger partial charge on any atom is -0.495 e. The molecule has 3 rings (SSSR count). The van der Waals surface area contributed by atoms with Crippen LogP contribution in [0.25, 0.3) is 0 Å². The highest BCUT2D eigenvalue weighted by atomic mass is 35.5. The third-order valence-corrected chi connectivity index (χ3v) is 7.73. The number of anilines is 1. The molecule has 0 spiro atoms. The molecule has 2 aromatic rings. The van der Waals surface area contributed by atoms with Crippen molar-refractivity contribution in [3.63, 3.8) is 0 Å². The van der Waals surface area contributed by atoms with E-state index in [1.165, 1.54) is 13.2 Å². The van der Waals surface area contributed by atoms with Gasteiger partial charge in [-0.15, -0.1) is 0 Å². The van der Waals surface area contributed by atoms with E-state index in [1.807, 2.05) is 24.3 Å². The Morgan fingerprint density at radius 1 is 1.27 bits per heavy atom. The van der Waals surface area contributed by atoms with Gasteiger partial charge in [-0.25, -0.2) is 8.42 Å². The number of halogens is 1. The van der Waals surface area contributed by atoms with Crippen molar-refractivity contribution in [2.75, 3.05) is 17.7 Å². The molecule has 2 aromatic carbocycles. The van der Waals surface area contributed by atoms with Crippen molar-refractivity contribution >= 4 is 33.2 Å². The molecule has 1 aliphatic rings. The van der Waals surface area contributed by atoms with Crippen molar-refractivity contribution in [1.82, 2.24) is 5.32 Å². The molecule has 180 valence electrons. The molecule has 1 amide bonds. The maximum atomic E-state index is 13.4. The van der Waals surface area contributed by atoms with Crippen molar-refractivity contribution in [2.45, 2.75) is 57.7 Å². The zero-order valence-electron chi connectivity index (χ0n) is 19.6. The van der Waals surface area contributed by atoms with Gasteiger partial charge in [0.2, 0.25) is 15.9 Å². The van der Waals surface area contributed by atoms with E-state index in [0.29, 0.717) is 17.2 Å². The number of hydrogen-bond acceptors (Lipinski definition) is 5. The lowest BCUT2D eigenvalue weighted by Crippen LogP contribution is -2.51. The molecule has 0 unspecified atom stereocenters. The number of nitrogens with one attached hydrogen (secondary N) is 1. The molecule has 0 fully saturated rings. The van der Waals surface area contributed by atoms with Crippen molar-refractivity contribution in [2.24, 2.45) is 0 Å². The third kappa shape index (κ3) is 5.22. The highest BCUT2D eigenvalue weighted by Crippen LogP contribution is 2.43. The van der Waals surface area contributed by atoms with Crippen LogP contribution in [-0.2, 0) is 14.8 Å². The second-order valence-electron chi connectivity index (χ2n) is 8.35. The number of nitrogens with zero attached hydrogens (tertiary/aromatic N) is 1. The molecular weight excluding hydrogens is 464 g/mol. The van der Waals surface area contributed by atoms with E-state index in [9.17, 15) is 13.2 Å². The molecule has 2 atom stereocenters. The number of amides is 1. The molecule has 0 aromatic heterocycles. The number of carbonyl (C=O) groups excluding carboxylic acids is 1. The average molecular weight is 495 g/mol. The minimum atomic E-state index is -3.84. The summed E-state index contributed by atoms with van der Waals surface area (Å²) in [5.41, 5.74) is 0.684. The van der Waals surface area contributed by atoms with Gasteiger partial charge >= 0.3 is 0 Å². The van der Waals surface area contributed by atoms with E-state index in [0.717, 1.165) is 34.7 Å². The summed E-state index contributed by atoms with van der Waals surface area (Å²) in [7, 11) is -2.40. The first-order valence-corrected chi connectivity index (χ1v) is 13.2. The van der Waals surface area contributed by atoms with Crippen LogP contribution in [0.5, 0.6) is 11.5 Å². The van der Waals surface area contributed by atoms with Gasteiger partial charge in [0.25, 0.3) is 0 Å². The molecule has 0 saturated carbocycles. The molecule has 1 N–H and O–H groups in total. The van der Waals surface area contributed by atoms with Gasteiger partial charge in [0.05, 0.1) is 25.1 Å². The standard InChI is InChI=1S/C24H31ClN2O5S/c1-6-24(7-2)15-19(18-10-8-9-11-21(18)32-24)26-23(28)16(3)27(33(5,29)30)20-14-17(25)12-13-22(20)31-4/h8-14,16,19H,6-7,15H2,1-5H3,(H,26,28)/t16-,19+/m0/s1. The number of hydrogen-bond donors (Lipinski definition) is 1. The highest BCUT2D eigenvalue weighted by molar-refractivity contribution is 7.92. The second-order valence-corrected chi connectivity index (χ2v) is 10.6. The summed E-state index contributed by atoms with van der Waals surface area (Å²) in [6.45, 7) is 5.68. The van der Waals surface area contributed by atoms with E-state index in [1.54, 1.807) is 19.1 Å². The lowest BCUT2D eigenvalue weighted by atomic mass is 9.83. The van der Waals surface area contributed by atoms with E-state index in [4.69, 9.17) is 21.1 Å². The van der Waals surface area contributed by atoms with Gasteiger partial charge < -0.3 is 14.8 Å². The summed E-state index contributed by atoms with van der Waals surface area (Å²) < 4.78 is 38.3. The number of sulfonamides is 1. The van der Waals surface area contributed by atoms with Gasteiger partial charge in [0, 0.05) is 17.0 Å². The predicted molar refractivity (Wildman–Crippen MR) is 131 cm³/mol. The fourth-order valence-electron chi connectivity index (χ4n) is 4.34. The van der Waals surface area contributed by atoms with Crippen LogP contribution in [0.15, 0.2) is 42.5 Å².